The Bertz CT molecular complexity index is 687. The maximum absolute atomic E-state index is 6.48. The lowest BCUT2D eigenvalue weighted by molar-refractivity contribution is 0.124. The molecular formula is C20H23NOS. The fourth-order valence-corrected chi connectivity index (χ4v) is 4.81. The van der Waals surface area contributed by atoms with Crippen molar-refractivity contribution in [3.05, 3.63) is 54.1 Å². The largest absolute Gasteiger partial charge is 0.484 e. The average Bonchev–Trinajstić information content (AvgIpc) is 2.71. The van der Waals surface area contributed by atoms with Crippen molar-refractivity contribution < 1.29 is 4.74 Å². The van der Waals surface area contributed by atoms with Gasteiger partial charge in [-0.3, -0.25) is 0 Å². The summed E-state index contributed by atoms with van der Waals surface area (Å²) in [5, 5.41) is 0. The van der Waals surface area contributed by atoms with Crippen LogP contribution in [0.25, 0.3) is 0 Å². The average molecular weight is 325 g/mol. The minimum Gasteiger partial charge on any atom is -0.484 e. The Balaban J connectivity index is 1.65. The molecule has 0 bridgehead atoms. The Morgan fingerprint density at radius 3 is 2.74 bits per heavy atom. The zero-order chi connectivity index (χ0) is 15.6. The molecule has 0 aliphatic carbocycles. The van der Waals surface area contributed by atoms with Crippen molar-refractivity contribution in [2.45, 2.75) is 35.2 Å². The molecule has 23 heavy (non-hydrogen) atoms. The number of likely N-dealkylation sites (tertiary alicyclic amines) is 1. The Morgan fingerprint density at radius 1 is 1.09 bits per heavy atom. The highest BCUT2D eigenvalue weighted by atomic mass is 32.2. The summed E-state index contributed by atoms with van der Waals surface area (Å²) in [5.74, 6) is 1.75. The van der Waals surface area contributed by atoms with Gasteiger partial charge in [-0.05, 0) is 57.0 Å². The fraction of sp³-hybridized carbons (Fsp3) is 0.400. The van der Waals surface area contributed by atoms with Gasteiger partial charge in [-0.2, -0.15) is 0 Å². The number of piperidine rings is 1. The van der Waals surface area contributed by atoms with Crippen molar-refractivity contribution in [3.63, 3.8) is 0 Å². The first-order chi connectivity index (χ1) is 11.3. The molecular weight excluding hydrogens is 302 g/mol. The molecule has 4 rings (SSSR count). The quantitative estimate of drug-likeness (QED) is 0.770. The van der Waals surface area contributed by atoms with Crippen LogP contribution in [0.5, 0.6) is 5.75 Å². The minimum atomic E-state index is 0.166. The van der Waals surface area contributed by atoms with Gasteiger partial charge in [0.15, 0.2) is 0 Å². The van der Waals surface area contributed by atoms with Gasteiger partial charge in [0.25, 0.3) is 0 Å². The van der Waals surface area contributed by atoms with Crippen molar-refractivity contribution in [3.8, 4) is 5.75 Å². The van der Waals surface area contributed by atoms with E-state index in [1.165, 1.54) is 41.3 Å². The van der Waals surface area contributed by atoms with Crippen molar-refractivity contribution >= 4 is 11.8 Å². The highest BCUT2D eigenvalue weighted by molar-refractivity contribution is 7.99. The molecule has 1 fully saturated rings. The van der Waals surface area contributed by atoms with Gasteiger partial charge < -0.3 is 9.64 Å². The molecule has 3 heteroatoms. The van der Waals surface area contributed by atoms with E-state index in [2.05, 4.69) is 60.5 Å². The molecule has 2 heterocycles. The molecule has 2 aromatic carbocycles. The zero-order valence-corrected chi connectivity index (χ0v) is 14.4. The first-order valence-electron chi connectivity index (χ1n) is 8.50. The van der Waals surface area contributed by atoms with E-state index in [1.54, 1.807) is 0 Å². The first kappa shape index (κ1) is 15.1. The van der Waals surface area contributed by atoms with Crippen LogP contribution in [0.15, 0.2) is 58.3 Å². The highest BCUT2D eigenvalue weighted by Crippen LogP contribution is 2.45. The Labute approximate surface area is 142 Å². The van der Waals surface area contributed by atoms with Crippen molar-refractivity contribution in [2.75, 3.05) is 20.1 Å². The molecule has 0 aromatic heterocycles. The molecule has 2 aliphatic rings. The van der Waals surface area contributed by atoms with Crippen molar-refractivity contribution in [1.82, 2.24) is 4.90 Å². The van der Waals surface area contributed by atoms with Crippen LogP contribution in [0.1, 0.15) is 30.9 Å². The van der Waals surface area contributed by atoms with Crippen LogP contribution in [0, 0.1) is 5.92 Å². The van der Waals surface area contributed by atoms with Crippen molar-refractivity contribution in [2.24, 2.45) is 5.92 Å². The van der Waals surface area contributed by atoms with Crippen LogP contribution in [-0.2, 0) is 0 Å². The lowest BCUT2D eigenvalue weighted by atomic mass is 9.90. The van der Waals surface area contributed by atoms with Gasteiger partial charge in [0, 0.05) is 17.0 Å². The molecule has 2 nitrogen and oxygen atoms in total. The number of ether oxygens (including phenoxy) is 1. The summed E-state index contributed by atoms with van der Waals surface area (Å²) in [7, 11) is 2.24. The molecule has 0 amide bonds. The standard InChI is InChI=1S/C20H23NOS/c1-21-12-6-7-15(14-21)13-18-16-8-2-4-10-19(16)23-20-11-5-3-9-17(20)22-18/h2-5,8-11,15,18H,6-7,12-14H2,1H3/t15-,18+/m0/s1. The topological polar surface area (TPSA) is 12.5 Å². The monoisotopic (exact) mass is 325 g/mol. The van der Waals surface area contributed by atoms with Crippen LogP contribution in [-0.4, -0.2) is 25.0 Å². The molecule has 0 spiro atoms. The van der Waals surface area contributed by atoms with Crippen LogP contribution >= 0.6 is 11.8 Å². The summed E-state index contributed by atoms with van der Waals surface area (Å²) in [5.41, 5.74) is 1.35. The number of hydrogen-bond donors (Lipinski definition) is 0. The SMILES string of the molecule is CN1CCC[C@@H](C[C@H]2Oc3ccccc3Sc3ccccc32)C1. The normalized spacial score (nSPS) is 24.2. The van der Waals surface area contributed by atoms with Gasteiger partial charge in [-0.15, -0.1) is 0 Å². The van der Waals surface area contributed by atoms with E-state index in [4.69, 9.17) is 4.74 Å². The Morgan fingerprint density at radius 2 is 1.87 bits per heavy atom. The zero-order valence-electron chi connectivity index (χ0n) is 13.6. The smallest absolute Gasteiger partial charge is 0.134 e. The van der Waals surface area contributed by atoms with Crippen LogP contribution in [0.2, 0.25) is 0 Å². The summed E-state index contributed by atoms with van der Waals surface area (Å²) < 4.78 is 6.48. The number of nitrogens with zero attached hydrogens (tertiary/aromatic N) is 1. The third-order valence-corrected chi connectivity index (χ3v) is 6.02. The second-order valence-electron chi connectivity index (χ2n) is 6.70. The van der Waals surface area contributed by atoms with Gasteiger partial charge in [-0.1, -0.05) is 42.1 Å². The lowest BCUT2D eigenvalue weighted by Gasteiger charge is -2.32. The first-order valence-corrected chi connectivity index (χ1v) is 9.32. The Hall–Kier alpha value is -1.45. The third-order valence-electron chi connectivity index (χ3n) is 4.87. The number of benzene rings is 2. The number of para-hydroxylation sites is 1. The van der Waals surface area contributed by atoms with Gasteiger partial charge in [0.2, 0.25) is 0 Å². The molecule has 120 valence electrons. The number of rotatable bonds is 2. The van der Waals surface area contributed by atoms with E-state index >= 15 is 0 Å². The number of fused-ring (bicyclic) bond motifs is 2. The van der Waals surface area contributed by atoms with E-state index in [0.717, 1.165) is 18.1 Å². The Kier molecular flexibility index (Phi) is 4.32. The van der Waals surface area contributed by atoms with Gasteiger partial charge in [0.1, 0.15) is 11.9 Å². The van der Waals surface area contributed by atoms with Gasteiger partial charge in [-0.25, -0.2) is 0 Å². The molecule has 2 aliphatic heterocycles. The summed E-state index contributed by atoms with van der Waals surface area (Å²) in [6.45, 7) is 2.42. The second kappa shape index (κ2) is 6.58. The summed E-state index contributed by atoms with van der Waals surface area (Å²) >= 11 is 1.83. The lowest BCUT2D eigenvalue weighted by Crippen LogP contribution is -2.33. The fourth-order valence-electron chi connectivity index (χ4n) is 3.75. The number of hydrogen-bond acceptors (Lipinski definition) is 3. The van der Waals surface area contributed by atoms with E-state index in [0.29, 0.717) is 0 Å². The van der Waals surface area contributed by atoms with Crippen LogP contribution < -0.4 is 4.74 Å². The summed E-state index contributed by atoms with van der Waals surface area (Å²) in [4.78, 5) is 5.02. The minimum absolute atomic E-state index is 0.166. The molecule has 0 saturated carbocycles. The van der Waals surface area contributed by atoms with E-state index in [9.17, 15) is 0 Å². The maximum atomic E-state index is 6.48. The van der Waals surface area contributed by atoms with Gasteiger partial charge >= 0.3 is 0 Å². The summed E-state index contributed by atoms with van der Waals surface area (Å²) in [6, 6.07) is 17.2. The van der Waals surface area contributed by atoms with E-state index < -0.39 is 0 Å². The molecule has 2 aromatic rings. The highest BCUT2D eigenvalue weighted by Gasteiger charge is 2.28. The van der Waals surface area contributed by atoms with Crippen molar-refractivity contribution in [1.29, 1.82) is 0 Å². The summed E-state index contributed by atoms with van der Waals surface area (Å²) in [6.07, 6.45) is 3.90. The molecule has 2 atom stereocenters. The predicted molar refractivity (Wildman–Crippen MR) is 95.2 cm³/mol. The molecule has 0 N–H and O–H groups in total. The maximum Gasteiger partial charge on any atom is 0.134 e. The molecule has 0 unspecified atom stereocenters. The van der Waals surface area contributed by atoms with Crippen LogP contribution in [0.3, 0.4) is 0 Å². The molecule has 1 saturated heterocycles. The van der Waals surface area contributed by atoms with E-state index in [1.807, 2.05) is 11.8 Å². The third kappa shape index (κ3) is 3.26. The predicted octanol–water partition coefficient (Wildman–Crippen LogP) is 5.00. The second-order valence-corrected chi connectivity index (χ2v) is 7.78. The van der Waals surface area contributed by atoms with E-state index in [-0.39, 0.29) is 6.10 Å². The van der Waals surface area contributed by atoms with Crippen LogP contribution in [0.4, 0.5) is 0 Å². The van der Waals surface area contributed by atoms with Gasteiger partial charge in [0.05, 0.1) is 4.90 Å². The molecule has 0 radical (unpaired) electrons.